The molecule has 0 atom stereocenters. The molecule has 1 saturated carbocycles. The van der Waals surface area contributed by atoms with Crippen molar-refractivity contribution in [2.24, 2.45) is 5.73 Å². The molecule has 1 aromatic carbocycles. The van der Waals surface area contributed by atoms with Gasteiger partial charge in [0, 0.05) is 16.6 Å². The van der Waals surface area contributed by atoms with Crippen molar-refractivity contribution in [3.05, 3.63) is 28.2 Å². The summed E-state index contributed by atoms with van der Waals surface area (Å²) in [5.41, 5.74) is 6.21. The first-order valence-electron chi connectivity index (χ1n) is 6.39. The van der Waals surface area contributed by atoms with Crippen LogP contribution in [0, 0.1) is 6.92 Å². The maximum atomic E-state index is 12.5. The summed E-state index contributed by atoms with van der Waals surface area (Å²) in [6.07, 6.45) is 3.67. The Bertz CT molecular complexity index is 572. The zero-order chi connectivity index (χ0) is 14.1. The van der Waals surface area contributed by atoms with E-state index in [9.17, 15) is 8.42 Å². The van der Waals surface area contributed by atoms with Crippen LogP contribution < -0.4 is 10.5 Å². The zero-order valence-corrected chi connectivity index (χ0v) is 14.6. The molecule has 0 bridgehead atoms. The van der Waals surface area contributed by atoms with Gasteiger partial charge in [0.2, 0.25) is 10.0 Å². The summed E-state index contributed by atoms with van der Waals surface area (Å²) in [6, 6.07) is 5.23. The molecule has 3 N–H and O–H groups in total. The number of rotatable bonds is 4. The molecular formula is C13H20BrClN2O2S. The second-order valence-electron chi connectivity index (χ2n) is 5.18. The fourth-order valence-corrected chi connectivity index (χ4v) is 5.09. The maximum Gasteiger partial charge on any atom is 0.242 e. The molecule has 1 aliphatic carbocycles. The number of halogens is 2. The van der Waals surface area contributed by atoms with Gasteiger partial charge >= 0.3 is 0 Å². The fourth-order valence-electron chi connectivity index (χ4n) is 2.57. The standard InChI is InChI=1S/C13H19BrN2O2S.ClH/c1-10-5-4-6-11(12(10)14)19(17,18)16-13(9-15)7-2-3-8-13;/h4-6,16H,2-3,7-9,15H2,1H3;1H. The first-order valence-corrected chi connectivity index (χ1v) is 8.67. The average molecular weight is 384 g/mol. The zero-order valence-electron chi connectivity index (χ0n) is 11.4. The third-order valence-corrected chi connectivity index (χ3v) is 6.68. The Labute approximate surface area is 135 Å². The minimum absolute atomic E-state index is 0. The predicted molar refractivity (Wildman–Crippen MR) is 86.7 cm³/mol. The smallest absolute Gasteiger partial charge is 0.242 e. The molecule has 0 aliphatic heterocycles. The molecule has 0 heterocycles. The largest absolute Gasteiger partial charge is 0.329 e. The summed E-state index contributed by atoms with van der Waals surface area (Å²) in [4.78, 5) is 0.284. The number of hydrogen-bond donors (Lipinski definition) is 2. The van der Waals surface area contributed by atoms with Crippen LogP contribution in [0.25, 0.3) is 0 Å². The molecule has 7 heteroatoms. The molecular weight excluding hydrogens is 364 g/mol. The van der Waals surface area contributed by atoms with Crippen molar-refractivity contribution < 1.29 is 8.42 Å². The van der Waals surface area contributed by atoms with Crippen LogP contribution in [-0.2, 0) is 10.0 Å². The quantitative estimate of drug-likeness (QED) is 0.839. The lowest BCUT2D eigenvalue weighted by Gasteiger charge is -2.28. The second-order valence-corrected chi connectivity index (χ2v) is 7.63. The van der Waals surface area contributed by atoms with Crippen LogP contribution in [0.2, 0.25) is 0 Å². The van der Waals surface area contributed by atoms with E-state index in [2.05, 4.69) is 20.7 Å². The minimum atomic E-state index is -3.54. The predicted octanol–water partition coefficient (Wildman–Crippen LogP) is 2.73. The minimum Gasteiger partial charge on any atom is -0.329 e. The van der Waals surface area contributed by atoms with Crippen LogP contribution in [0.4, 0.5) is 0 Å². The molecule has 0 amide bonds. The van der Waals surface area contributed by atoms with Gasteiger partial charge in [-0.15, -0.1) is 12.4 Å². The van der Waals surface area contributed by atoms with E-state index in [-0.39, 0.29) is 17.3 Å². The molecule has 0 unspecified atom stereocenters. The summed E-state index contributed by atoms with van der Waals surface area (Å²) in [5, 5.41) is 0. The second kappa shape index (κ2) is 6.75. The monoisotopic (exact) mass is 382 g/mol. The van der Waals surface area contributed by atoms with Crippen LogP contribution in [0.1, 0.15) is 31.2 Å². The van der Waals surface area contributed by atoms with Crippen molar-refractivity contribution in [1.29, 1.82) is 0 Å². The molecule has 0 spiro atoms. The Morgan fingerprint density at radius 1 is 1.35 bits per heavy atom. The van der Waals surface area contributed by atoms with E-state index in [1.165, 1.54) is 0 Å². The highest BCUT2D eigenvalue weighted by atomic mass is 79.9. The topological polar surface area (TPSA) is 72.2 Å². The van der Waals surface area contributed by atoms with E-state index < -0.39 is 15.6 Å². The van der Waals surface area contributed by atoms with Crippen molar-refractivity contribution >= 4 is 38.4 Å². The first-order chi connectivity index (χ1) is 8.90. The van der Waals surface area contributed by atoms with Gasteiger partial charge < -0.3 is 5.73 Å². The summed E-state index contributed by atoms with van der Waals surface area (Å²) in [6.45, 7) is 2.22. The number of hydrogen-bond acceptors (Lipinski definition) is 3. The normalized spacial score (nSPS) is 17.8. The molecule has 20 heavy (non-hydrogen) atoms. The third-order valence-electron chi connectivity index (χ3n) is 3.75. The Morgan fingerprint density at radius 2 is 1.95 bits per heavy atom. The van der Waals surface area contributed by atoms with E-state index in [0.717, 1.165) is 31.2 Å². The number of nitrogens with two attached hydrogens (primary N) is 1. The van der Waals surface area contributed by atoms with E-state index in [1.807, 2.05) is 13.0 Å². The molecule has 1 fully saturated rings. The number of sulfonamides is 1. The van der Waals surface area contributed by atoms with Crippen molar-refractivity contribution in [2.75, 3.05) is 6.54 Å². The average Bonchev–Trinajstić information content (AvgIpc) is 2.81. The number of aryl methyl sites for hydroxylation is 1. The van der Waals surface area contributed by atoms with Crippen LogP contribution in [0.5, 0.6) is 0 Å². The Morgan fingerprint density at radius 3 is 2.50 bits per heavy atom. The van der Waals surface area contributed by atoms with E-state index >= 15 is 0 Å². The van der Waals surface area contributed by atoms with Gasteiger partial charge in [-0.2, -0.15) is 0 Å². The van der Waals surface area contributed by atoms with Gasteiger partial charge in [0.1, 0.15) is 0 Å². The Kier molecular flexibility index (Phi) is 6.04. The molecule has 0 radical (unpaired) electrons. The van der Waals surface area contributed by atoms with Crippen LogP contribution >= 0.6 is 28.3 Å². The lowest BCUT2D eigenvalue weighted by molar-refractivity contribution is 0.399. The first kappa shape index (κ1) is 17.9. The van der Waals surface area contributed by atoms with Crippen molar-refractivity contribution in [2.45, 2.75) is 43.0 Å². The van der Waals surface area contributed by atoms with E-state index in [1.54, 1.807) is 12.1 Å². The fraction of sp³-hybridized carbons (Fsp3) is 0.538. The third kappa shape index (κ3) is 3.54. The van der Waals surface area contributed by atoms with Gasteiger partial charge in [0.25, 0.3) is 0 Å². The molecule has 0 saturated heterocycles. The molecule has 1 aromatic rings. The lowest BCUT2D eigenvalue weighted by atomic mass is 10.0. The van der Waals surface area contributed by atoms with Gasteiger partial charge in [-0.05, 0) is 47.3 Å². The van der Waals surface area contributed by atoms with Gasteiger partial charge in [0.15, 0.2) is 0 Å². The summed E-state index contributed by atoms with van der Waals surface area (Å²) >= 11 is 3.35. The molecule has 1 aliphatic rings. The molecule has 4 nitrogen and oxygen atoms in total. The van der Waals surface area contributed by atoms with Crippen LogP contribution in [0.15, 0.2) is 27.6 Å². The van der Waals surface area contributed by atoms with Gasteiger partial charge in [-0.3, -0.25) is 0 Å². The number of nitrogens with one attached hydrogen (secondary N) is 1. The molecule has 2 rings (SSSR count). The van der Waals surface area contributed by atoms with E-state index in [0.29, 0.717) is 11.0 Å². The van der Waals surface area contributed by atoms with Crippen molar-refractivity contribution in [3.63, 3.8) is 0 Å². The summed E-state index contributed by atoms with van der Waals surface area (Å²) in [7, 11) is -3.54. The summed E-state index contributed by atoms with van der Waals surface area (Å²) in [5.74, 6) is 0. The van der Waals surface area contributed by atoms with Crippen molar-refractivity contribution in [1.82, 2.24) is 4.72 Å². The van der Waals surface area contributed by atoms with Gasteiger partial charge in [-0.1, -0.05) is 25.0 Å². The maximum absolute atomic E-state index is 12.5. The highest BCUT2D eigenvalue weighted by Crippen LogP contribution is 2.32. The van der Waals surface area contributed by atoms with Gasteiger partial charge in [0.05, 0.1) is 4.90 Å². The number of benzene rings is 1. The van der Waals surface area contributed by atoms with Gasteiger partial charge in [-0.25, -0.2) is 13.1 Å². The van der Waals surface area contributed by atoms with Crippen molar-refractivity contribution in [3.8, 4) is 0 Å². The Balaban J connectivity index is 0.00000200. The van der Waals surface area contributed by atoms with E-state index in [4.69, 9.17) is 5.73 Å². The SMILES string of the molecule is Cc1cccc(S(=O)(=O)NC2(CN)CCCC2)c1Br.Cl. The molecule has 0 aromatic heterocycles. The highest BCUT2D eigenvalue weighted by Gasteiger charge is 2.37. The lowest BCUT2D eigenvalue weighted by Crippen LogP contribution is -2.51. The highest BCUT2D eigenvalue weighted by molar-refractivity contribution is 9.10. The molecule has 114 valence electrons. The van der Waals surface area contributed by atoms with Crippen LogP contribution in [0.3, 0.4) is 0 Å². The summed E-state index contributed by atoms with van der Waals surface area (Å²) < 4.78 is 28.5. The Hall–Kier alpha value is -0.140. The van der Waals surface area contributed by atoms with Crippen LogP contribution in [-0.4, -0.2) is 20.5 Å².